The summed E-state index contributed by atoms with van der Waals surface area (Å²) in [4.78, 5) is 4.34. The lowest BCUT2D eigenvalue weighted by Gasteiger charge is -2.16. The number of rotatable bonds is 6. The molecule has 0 saturated carbocycles. The van der Waals surface area contributed by atoms with Crippen molar-refractivity contribution in [2.45, 2.75) is 39.7 Å². The number of ether oxygens (including phenoxy) is 1. The molecule has 1 aromatic heterocycles. The molecule has 1 heterocycles. The van der Waals surface area contributed by atoms with Gasteiger partial charge in [-0.1, -0.05) is 13.3 Å². The summed E-state index contributed by atoms with van der Waals surface area (Å²) in [6, 6.07) is 0.249. The fourth-order valence-corrected chi connectivity index (χ4v) is 1.45. The summed E-state index contributed by atoms with van der Waals surface area (Å²) >= 11 is 0. The number of anilines is 1. The number of hydrogen-bond acceptors (Lipinski definition) is 5. The van der Waals surface area contributed by atoms with Crippen molar-refractivity contribution in [3.8, 4) is 0 Å². The second-order valence-electron chi connectivity index (χ2n) is 3.89. The molecule has 1 atom stereocenters. The fourth-order valence-electron chi connectivity index (χ4n) is 1.45. The molecule has 0 bridgehead atoms. The highest BCUT2D eigenvalue weighted by molar-refractivity contribution is 5.26. The number of hydrogen-bond donors (Lipinski definition) is 1. The molecule has 0 spiro atoms. The van der Waals surface area contributed by atoms with Crippen LogP contribution in [0.4, 0.5) is 5.95 Å². The minimum Gasteiger partial charge on any atom is -0.383 e. The van der Waals surface area contributed by atoms with Crippen molar-refractivity contribution < 1.29 is 4.74 Å². The van der Waals surface area contributed by atoms with Crippen LogP contribution in [0.15, 0.2) is 0 Å². The Hall–Kier alpha value is -1.23. The molecule has 0 aliphatic rings. The highest BCUT2D eigenvalue weighted by atomic mass is 16.5. The van der Waals surface area contributed by atoms with Gasteiger partial charge in [0.1, 0.15) is 0 Å². The molecule has 5 nitrogen and oxygen atoms in total. The van der Waals surface area contributed by atoms with Gasteiger partial charge < -0.3 is 10.1 Å². The standard InChI is InChI=1S/C11H20N4O/c1-5-6-10(7-16-4)13-11-12-8(2)9(3)14-15-11/h10H,5-7H2,1-4H3,(H,12,13,15). The Morgan fingerprint density at radius 2 is 2.00 bits per heavy atom. The summed E-state index contributed by atoms with van der Waals surface area (Å²) < 4.78 is 5.14. The average Bonchev–Trinajstić information content (AvgIpc) is 2.24. The molecule has 0 radical (unpaired) electrons. The molecule has 1 aromatic rings. The second-order valence-corrected chi connectivity index (χ2v) is 3.89. The van der Waals surface area contributed by atoms with E-state index in [-0.39, 0.29) is 6.04 Å². The van der Waals surface area contributed by atoms with Crippen molar-refractivity contribution in [3.63, 3.8) is 0 Å². The molecule has 90 valence electrons. The zero-order valence-electron chi connectivity index (χ0n) is 10.4. The van der Waals surface area contributed by atoms with Gasteiger partial charge in [-0.25, -0.2) is 4.98 Å². The summed E-state index contributed by atoms with van der Waals surface area (Å²) in [5.74, 6) is 0.582. The van der Waals surface area contributed by atoms with Crippen LogP contribution in [-0.2, 0) is 4.74 Å². The summed E-state index contributed by atoms with van der Waals surface area (Å²) in [5.41, 5.74) is 1.77. The lowest BCUT2D eigenvalue weighted by atomic mass is 10.2. The van der Waals surface area contributed by atoms with Crippen molar-refractivity contribution >= 4 is 5.95 Å². The minimum absolute atomic E-state index is 0.249. The van der Waals surface area contributed by atoms with E-state index in [0.717, 1.165) is 24.2 Å². The van der Waals surface area contributed by atoms with E-state index in [1.165, 1.54) is 0 Å². The first kappa shape index (κ1) is 12.8. The van der Waals surface area contributed by atoms with Crippen molar-refractivity contribution in [2.75, 3.05) is 19.0 Å². The Morgan fingerprint density at radius 1 is 1.25 bits per heavy atom. The van der Waals surface area contributed by atoms with E-state index in [4.69, 9.17) is 4.74 Å². The zero-order valence-corrected chi connectivity index (χ0v) is 10.4. The largest absolute Gasteiger partial charge is 0.383 e. The van der Waals surface area contributed by atoms with Crippen LogP contribution in [0.25, 0.3) is 0 Å². The van der Waals surface area contributed by atoms with Crippen LogP contribution in [0.3, 0.4) is 0 Å². The maximum atomic E-state index is 5.14. The molecule has 1 N–H and O–H groups in total. The highest BCUT2D eigenvalue weighted by Gasteiger charge is 2.09. The van der Waals surface area contributed by atoms with Crippen LogP contribution < -0.4 is 5.32 Å². The predicted octanol–water partition coefficient (Wildman–Crippen LogP) is 1.72. The first-order valence-electron chi connectivity index (χ1n) is 5.60. The van der Waals surface area contributed by atoms with E-state index in [1.807, 2.05) is 13.8 Å². The molecule has 0 saturated heterocycles. The van der Waals surface area contributed by atoms with E-state index >= 15 is 0 Å². The minimum atomic E-state index is 0.249. The Bertz CT molecular complexity index is 324. The molecule has 0 amide bonds. The molecule has 0 aliphatic heterocycles. The van der Waals surface area contributed by atoms with Crippen LogP contribution in [-0.4, -0.2) is 34.9 Å². The van der Waals surface area contributed by atoms with Crippen LogP contribution in [0, 0.1) is 13.8 Å². The quantitative estimate of drug-likeness (QED) is 0.797. The number of aromatic nitrogens is 3. The lowest BCUT2D eigenvalue weighted by molar-refractivity contribution is 0.182. The molecule has 0 aromatic carbocycles. The van der Waals surface area contributed by atoms with Gasteiger partial charge in [-0.3, -0.25) is 0 Å². The predicted molar refractivity (Wildman–Crippen MR) is 63.5 cm³/mol. The molecular formula is C11H20N4O. The van der Waals surface area contributed by atoms with Gasteiger partial charge in [-0.15, -0.1) is 5.10 Å². The fraction of sp³-hybridized carbons (Fsp3) is 0.727. The van der Waals surface area contributed by atoms with Gasteiger partial charge in [0, 0.05) is 7.11 Å². The summed E-state index contributed by atoms with van der Waals surface area (Å²) in [6.07, 6.45) is 2.13. The van der Waals surface area contributed by atoms with Gasteiger partial charge in [-0.05, 0) is 20.3 Å². The first-order chi connectivity index (χ1) is 7.67. The third-order valence-electron chi connectivity index (χ3n) is 2.43. The van der Waals surface area contributed by atoms with Gasteiger partial charge in [0.05, 0.1) is 24.0 Å². The Balaban J connectivity index is 2.65. The van der Waals surface area contributed by atoms with E-state index in [0.29, 0.717) is 12.6 Å². The normalized spacial score (nSPS) is 12.5. The molecule has 1 unspecified atom stereocenters. The van der Waals surface area contributed by atoms with Gasteiger partial charge in [0.25, 0.3) is 0 Å². The van der Waals surface area contributed by atoms with Crippen LogP contribution in [0.5, 0.6) is 0 Å². The van der Waals surface area contributed by atoms with Gasteiger partial charge in [0.15, 0.2) is 0 Å². The maximum absolute atomic E-state index is 5.14. The van der Waals surface area contributed by atoms with Crippen molar-refractivity contribution in [1.82, 2.24) is 15.2 Å². The van der Waals surface area contributed by atoms with Gasteiger partial charge >= 0.3 is 0 Å². The third kappa shape index (κ3) is 3.73. The van der Waals surface area contributed by atoms with E-state index < -0.39 is 0 Å². The van der Waals surface area contributed by atoms with E-state index in [2.05, 4.69) is 27.4 Å². The third-order valence-corrected chi connectivity index (χ3v) is 2.43. The Morgan fingerprint density at radius 3 is 2.56 bits per heavy atom. The summed E-state index contributed by atoms with van der Waals surface area (Å²) in [7, 11) is 1.70. The monoisotopic (exact) mass is 224 g/mol. The topological polar surface area (TPSA) is 59.9 Å². The second kappa shape index (κ2) is 6.37. The number of nitrogens with zero attached hydrogens (tertiary/aromatic N) is 3. The van der Waals surface area contributed by atoms with Gasteiger partial charge in [0.2, 0.25) is 5.95 Å². The number of aryl methyl sites for hydroxylation is 2. The van der Waals surface area contributed by atoms with Crippen LogP contribution in [0.1, 0.15) is 31.2 Å². The highest BCUT2D eigenvalue weighted by Crippen LogP contribution is 2.07. The van der Waals surface area contributed by atoms with E-state index in [1.54, 1.807) is 7.11 Å². The number of methoxy groups -OCH3 is 1. The summed E-state index contributed by atoms with van der Waals surface area (Å²) in [5, 5.41) is 11.3. The summed E-state index contributed by atoms with van der Waals surface area (Å²) in [6.45, 7) is 6.63. The lowest BCUT2D eigenvalue weighted by Crippen LogP contribution is -2.26. The first-order valence-corrected chi connectivity index (χ1v) is 5.60. The van der Waals surface area contributed by atoms with Crippen molar-refractivity contribution in [1.29, 1.82) is 0 Å². The molecule has 5 heteroatoms. The van der Waals surface area contributed by atoms with Crippen LogP contribution in [0.2, 0.25) is 0 Å². The maximum Gasteiger partial charge on any atom is 0.243 e. The molecule has 16 heavy (non-hydrogen) atoms. The molecule has 0 fully saturated rings. The molecule has 1 rings (SSSR count). The van der Waals surface area contributed by atoms with Gasteiger partial charge in [-0.2, -0.15) is 5.10 Å². The number of nitrogens with one attached hydrogen (secondary N) is 1. The van der Waals surface area contributed by atoms with Crippen molar-refractivity contribution in [2.24, 2.45) is 0 Å². The van der Waals surface area contributed by atoms with E-state index in [9.17, 15) is 0 Å². The average molecular weight is 224 g/mol. The molecular weight excluding hydrogens is 204 g/mol. The molecule has 0 aliphatic carbocycles. The Labute approximate surface area is 96.6 Å². The van der Waals surface area contributed by atoms with Crippen LogP contribution >= 0.6 is 0 Å². The van der Waals surface area contributed by atoms with Crippen molar-refractivity contribution in [3.05, 3.63) is 11.4 Å². The zero-order chi connectivity index (χ0) is 12.0. The Kier molecular flexibility index (Phi) is 5.11. The smallest absolute Gasteiger partial charge is 0.243 e. The SMILES string of the molecule is CCCC(COC)Nc1nnc(C)c(C)n1.